The highest BCUT2D eigenvalue weighted by Gasteiger charge is 2.53. The van der Waals surface area contributed by atoms with Crippen molar-refractivity contribution >= 4 is 112 Å². The SMILES string of the molecule is C.C.Cc1ccc(S(=O)(=O)n2cc(-c3ncc(F)c(C[C@H]4CCC[C@@H](O)[C@@H]4O)n3)c3cc(Cl)cnc32)cc1.Cc1ccc(S(=O)(=O)n2cc(B3OC(C)(C)C(C)(C)O3)c3cc(Cl)cnc32)cc1.N[C@H]1CCC[C@@H](O)[C@@H]1O.O[C@@H]1[C@@H](Cc2nc(-c3c[nH]c4ncc(Cl)cc34)ncc2F)CCC[C@H]1O.O[C@@H]1[C@@H](Cc2nc(Cl)ncc2F)CCC[C@H]1O. The van der Waals surface area contributed by atoms with E-state index >= 15 is 0 Å². The van der Waals surface area contributed by atoms with Gasteiger partial charge in [-0.25, -0.2) is 82.8 Å². The average Bonchev–Trinajstić information content (AvgIpc) is 1.59. The van der Waals surface area contributed by atoms with Crippen LogP contribution in [0.15, 0.2) is 132 Å². The number of aliphatic hydroxyl groups is 8. The number of halogens is 7. The zero-order valence-corrected chi connectivity index (χ0v) is 69.3. The maximum Gasteiger partial charge on any atom is 0.497 e. The maximum absolute atomic E-state index is 14.7. The standard InChI is InChI=1S/C25H24ClFN4O4S.C20H22BClN2O4S.C18H18ClFN4O2.C11H14ClFN2O2.C6H13NO2.2CH4/c1-14-5-7-17(8-6-14)36(34,35)31-13-19(18-10-16(26)11-29-25(18)31)24-28-12-20(27)21(30-24)9-15-3-2-4-22(32)23(15)33;1-13-6-8-15(9-7-13)29(25,26)24-12-17(16-10-14(22)11-23-18(16)24)21-27-19(2,3)20(4,5)28-21;19-10-5-11-12(7-22-17(11)21-6-10)18-23-8-13(20)14(24-18)4-9-2-1-3-15(25)16(9)26;12-11-14-5-7(13)8(15-11)4-6-2-1-3-9(16)10(6)17;7-4-2-1-3-5(8)6(4)9;;/h5-8,10-13,15,22-23,32-33H,2-4,9H2,1H3;6-12H,1-5H3;5-9,15-16,25-26H,1-4H2,(H,21,22);5-6,9-10,16-17H,1-4H2;4-6,8-9H,1-3,7H2;2*1H4/t15-,22-,23-;;9-,15-,16-;6-,9-,10-;4-,5+,6+;;/m1.110../s1. The third-order valence-electron chi connectivity index (χ3n) is 22.3. The number of hydrogen-bond acceptors (Lipinski definition) is 24. The first-order chi connectivity index (χ1) is 55.4. The van der Waals surface area contributed by atoms with Crippen LogP contribution in [0.25, 0.3) is 55.9 Å². The number of aromatic amines is 1. The summed E-state index contributed by atoms with van der Waals surface area (Å²) in [4.78, 5) is 40.4. The lowest BCUT2D eigenvalue weighted by Crippen LogP contribution is -2.46. The predicted octanol–water partition coefficient (Wildman–Crippen LogP) is 12.1. The Kier molecular flexibility index (Phi) is 30.8. The molecule has 11 aromatic rings. The highest BCUT2D eigenvalue weighted by Crippen LogP contribution is 2.40. The van der Waals surface area contributed by atoms with Crippen molar-refractivity contribution < 1.29 is 80.2 Å². The Morgan fingerprint density at radius 2 is 0.866 bits per heavy atom. The van der Waals surface area contributed by atoms with E-state index in [0.717, 1.165) is 84.0 Å². The second-order valence-electron chi connectivity index (χ2n) is 31.2. The second kappa shape index (κ2) is 39.2. The Hall–Kier alpha value is -7.78. The summed E-state index contributed by atoms with van der Waals surface area (Å²) in [7, 11) is -8.62. The van der Waals surface area contributed by atoms with Gasteiger partial charge in [0.1, 0.15) is 5.65 Å². The van der Waals surface area contributed by atoms with E-state index in [9.17, 15) is 60.6 Å². The van der Waals surface area contributed by atoms with Crippen LogP contribution in [0, 0.1) is 49.1 Å². The molecule has 9 aromatic heterocycles. The molecule has 11 N–H and O–H groups in total. The molecule has 4 aliphatic carbocycles. The molecule has 5 aliphatic rings. The number of hydrogen-bond donors (Lipinski definition) is 10. The summed E-state index contributed by atoms with van der Waals surface area (Å²) in [5.41, 5.74) is 9.37. The van der Waals surface area contributed by atoms with Crippen LogP contribution in [-0.4, -0.2) is 189 Å². The van der Waals surface area contributed by atoms with Crippen molar-refractivity contribution in [1.82, 2.24) is 57.8 Å². The van der Waals surface area contributed by atoms with E-state index in [0.29, 0.717) is 81.0 Å². The van der Waals surface area contributed by atoms with Gasteiger partial charge in [0.15, 0.2) is 40.4 Å². The third kappa shape index (κ3) is 21.3. The third-order valence-corrected chi connectivity index (χ3v) is 26.5. The Morgan fingerprint density at radius 3 is 1.31 bits per heavy atom. The van der Waals surface area contributed by atoms with Crippen molar-refractivity contribution in [3.8, 4) is 22.8 Å². The first-order valence-electron chi connectivity index (χ1n) is 38.3. The van der Waals surface area contributed by atoms with Gasteiger partial charge in [-0.2, -0.15) is 0 Å². The number of H-pyrrole nitrogens is 1. The fraction of sp³-hybridized carbons (Fsp3) is 0.451. The number of nitrogens with one attached hydrogen (secondary N) is 1. The molecular formula is C82H99BCl4F3N13O14S2. The molecule has 16 rings (SSSR count). The van der Waals surface area contributed by atoms with Crippen LogP contribution in [0.1, 0.15) is 148 Å². The van der Waals surface area contributed by atoms with Crippen molar-refractivity contribution in [2.24, 2.45) is 23.5 Å². The lowest BCUT2D eigenvalue weighted by molar-refractivity contribution is -0.0447. The van der Waals surface area contributed by atoms with E-state index in [1.165, 1.54) is 47.1 Å². The van der Waals surface area contributed by atoms with Crippen LogP contribution in [0.4, 0.5) is 13.2 Å². The summed E-state index contributed by atoms with van der Waals surface area (Å²) in [5.74, 6) is -1.98. The van der Waals surface area contributed by atoms with Gasteiger partial charge in [-0.05, 0) is 190 Å². The molecule has 0 bridgehead atoms. The van der Waals surface area contributed by atoms with Crippen molar-refractivity contribution in [2.45, 2.75) is 229 Å². The highest BCUT2D eigenvalue weighted by atomic mass is 35.5. The van der Waals surface area contributed by atoms with Gasteiger partial charge in [0, 0.05) is 76.0 Å². The lowest BCUT2D eigenvalue weighted by Gasteiger charge is -2.32. The van der Waals surface area contributed by atoms with Crippen LogP contribution in [-0.2, 0) is 48.6 Å². The highest BCUT2D eigenvalue weighted by molar-refractivity contribution is 7.90. The fourth-order valence-corrected chi connectivity index (χ4v) is 18.1. The molecule has 640 valence electrons. The van der Waals surface area contributed by atoms with Crippen molar-refractivity contribution in [3.63, 3.8) is 0 Å². The van der Waals surface area contributed by atoms with E-state index in [1.54, 1.807) is 60.8 Å². The summed E-state index contributed by atoms with van der Waals surface area (Å²) in [5, 5.41) is 80.7. The number of nitrogens with zero attached hydrogens (tertiary/aromatic N) is 11. The minimum atomic E-state index is -4.02. The molecule has 10 heterocycles. The second-order valence-corrected chi connectivity index (χ2v) is 36.4. The van der Waals surface area contributed by atoms with E-state index in [4.69, 9.17) is 71.7 Å². The molecular weight excluding hydrogens is 1660 g/mol. The zero-order chi connectivity index (χ0) is 84.3. The Labute approximate surface area is 708 Å². The molecule has 4 saturated carbocycles. The molecule has 12 atom stereocenters. The molecule has 1 saturated heterocycles. The van der Waals surface area contributed by atoms with Crippen molar-refractivity contribution in [3.05, 3.63) is 189 Å². The zero-order valence-electron chi connectivity index (χ0n) is 64.6. The molecule has 119 heavy (non-hydrogen) atoms. The minimum absolute atomic E-state index is 0. The van der Waals surface area contributed by atoms with Gasteiger partial charge in [-0.3, -0.25) is 0 Å². The van der Waals surface area contributed by atoms with Gasteiger partial charge < -0.3 is 60.9 Å². The fourth-order valence-electron chi connectivity index (χ4n) is 14.9. The smallest absolute Gasteiger partial charge is 0.399 e. The van der Waals surface area contributed by atoms with E-state index < -0.39 is 105 Å². The molecule has 0 unspecified atom stereocenters. The van der Waals surface area contributed by atoms with Gasteiger partial charge in [0.05, 0.1) is 121 Å². The van der Waals surface area contributed by atoms with Gasteiger partial charge in [0.2, 0.25) is 5.28 Å². The first kappa shape index (κ1) is 93.5. The number of benzene rings is 2. The predicted molar refractivity (Wildman–Crippen MR) is 449 cm³/mol. The van der Waals surface area contributed by atoms with Crippen LogP contribution in [0.5, 0.6) is 0 Å². The van der Waals surface area contributed by atoms with Crippen LogP contribution < -0.4 is 11.2 Å². The summed E-state index contributed by atoms with van der Waals surface area (Å²) in [6.45, 7) is 11.5. The molecule has 5 fully saturated rings. The van der Waals surface area contributed by atoms with Crippen molar-refractivity contribution in [2.75, 3.05) is 0 Å². The Bertz CT molecular complexity index is 5570. The molecule has 0 amide bonds. The van der Waals surface area contributed by atoms with E-state index in [1.807, 2.05) is 41.5 Å². The van der Waals surface area contributed by atoms with Gasteiger partial charge in [-0.1, -0.05) is 104 Å². The maximum atomic E-state index is 14.7. The topological polar surface area (TPSA) is 416 Å². The van der Waals surface area contributed by atoms with E-state index in [-0.39, 0.29) is 112 Å². The Balaban J connectivity index is 0.000000164. The summed E-state index contributed by atoms with van der Waals surface area (Å²) in [6.07, 6.45) is 15.0. The quantitative estimate of drug-likeness (QED) is 0.0378. The molecule has 27 nitrogen and oxygen atoms in total. The Morgan fingerprint density at radius 1 is 0.487 bits per heavy atom. The monoisotopic (exact) mass is 1760 g/mol. The molecule has 2 aromatic carbocycles. The minimum Gasteiger partial charge on any atom is -0.399 e. The summed E-state index contributed by atoms with van der Waals surface area (Å²) < 4.78 is 110. The molecule has 0 spiro atoms. The summed E-state index contributed by atoms with van der Waals surface area (Å²) >= 11 is 24.0. The number of aliphatic hydroxyl groups excluding tert-OH is 8. The van der Waals surface area contributed by atoms with Crippen LogP contribution in [0.3, 0.4) is 0 Å². The van der Waals surface area contributed by atoms with Gasteiger partial charge >= 0.3 is 7.12 Å². The molecule has 37 heteroatoms. The number of fused-ring (bicyclic) bond motifs is 3. The number of aromatic nitrogens is 12. The van der Waals surface area contributed by atoms with Crippen LogP contribution in [0.2, 0.25) is 20.4 Å². The number of pyridine rings is 3. The number of aryl methyl sites for hydroxylation is 2. The summed E-state index contributed by atoms with van der Waals surface area (Å²) in [6, 6.07) is 17.9. The largest absolute Gasteiger partial charge is 0.497 e. The molecule has 1 aliphatic heterocycles. The average molecular weight is 1760 g/mol. The van der Waals surface area contributed by atoms with Gasteiger partial charge in [-0.15, -0.1) is 0 Å². The number of nitrogens with two attached hydrogens (primary N) is 1. The lowest BCUT2D eigenvalue weighted by atomic mass is 9.79. The first-order valence-corrected chi connectivity index (χ1v) is 42.6. The normalized spacial score (nSPS) is 23.5. The van der Waals surface area contributed by atoms with E-state index in [2.05, 4.69) is 49.8 Å². The van der Waals surface area contributed by atoms with Crippen LogP contribution >= 0.6 is 46.4 Å². The number of rotatable bonds is 13. The molecule has 0 radical (unpaired) electrons. The van der Waals surface area contributed by atoms with Gasteiger partial charge in [0.25, 0.3) is 20.0 Å². The van der Waals surface area contributed by atoms with Crippen molar-refractivity contribution in [1.29, 1.82) is 0 Å².